The minimum Gasteiger partial charge on any atom is -0.862 e. The van der Waals surface area contributed by atoms with Gasteiger partial charge in [0.2, 0.25) is 5.78 Å². The van der Waals surface area contributed by atoms with Crippen LogP contribution in [0.4, 0.5) is 0 Å². The predicted octanol–water partition coefficient (Wildman–Crippen LogP) is 1.92. The Balaban J connectivity index is 2.41. The Morgan fingerprint density at radius 2 is 1.89 bits per heavy atom. The minimum atomic E-state index is -2.16. The molecule has 0 spiro atoms. The molecule has 1 aromatic rings. The molecule has 1 fully saturated rings. The van der Waals surface area contributed by atoms with Crippen LogP contribution >= 0.6 is 46.1 Å². The molecule has 0 saturated carbocycles. The third kappa shape index (κ3) is 3.02. The summed E-state index contributed by atoms with van der Waals surface area (Å²) in [6.07, 6.45) is 3.23. The van der Waals surface area contributed by atoms with Gasteiger partial charge >= 0.3 is 4.87 Å². The molecule has 0 amide bonds. The lowest BCUT2D eigenvalue weighted by Crippen LogP contribution is -2.32. The largest absolute Gasteiger partial charge is 0.862 e. The van der Waals surface area contributed by atoms with Crippen molar-refractivity contribution in [2.24, 2.45) is 0 Å². The number of hydrogen-bond donors (Lipinski definition) is 0. The molecule has 0 aliphatic carbocycles. The number of carbonyl (C=O) groups excluding carboxylic acids is 1. The van der Waals surface area contributed by atoms with E-state index in [0.29, 0.717) is 4.87 Å². The van der Waals surface area contributed by atoms with Crippen LogP contribution in [0.25, 0.3) is 0 Å². The maximum absolute atomic E-state index is 11.7. The third-order valence-electron chi connectivity index (χ3n) is 2.63. The van der Waals surface area contributed by atoms with Crippen LogP contribution in [-0.4, -0.2) is 22.7 Å². The smallest absolute Gasteiger partial charge is 0.429 e. The Kier molecular flexibility index (Phi) is 4.26. The second-order valence-corrected chi connectivity index (χ2v) is 7.17. The molecule has 0 N–H and O–H groups in total. The standard InChI is InChI=1S/C10H10Cl3NO3S/c11-10(12,13)7(15)6-8(16)18-9(17-6)14-4-2-1-3-5-14/h1-5H2. The Labute approximate surface area is 122 Å². The summed E-state index contributed by atoms with van der Waals surface area (Å²) < 4.78 is 5.04. The zero-order valence-corrected chi connectivity index (χ0v) is 12.3. The molecular weight excluding hydrogens is 321 g/mol. The number of carbonyl (C=O) groups is 1. The Hall–Kier alpha value is -0.230. The summed E-state index contributed by atoms with van der Waals surface area (Å²) in [6.45, 7) is 1.62. The highest BCUT2D eigenvalue weighted by molar-refractivity contribution is 7.11. The van der Waals surface area contributed by atoms with E-state index in [-0.39, 0.29) is 0 Å². The number of halogens is 3. The quantitative estimate of drug-likeness (QED) is 0.449. The van der Waals surface area contributed by atoms with Gasteiger partial charge in [-0.25, -0.2) is 0 Å². The van der Waals surface area contributed by atoms with Crippen molar-refractivity contribution in [1.82, 2.24) is 4.58 Å². The van der Waals surface area contributed by atoms with Gasteiger partial charge in [-0.1, -0.05) is 34.8 Å². The van der Waals surface area contributed by atoms with Crippen LogP contribution in [0.15, 0.2) is 4.42 Å². The number of piperidine rings is 1. The van der Waals surface area contributed by atoms with Gasteiger partial charge in [0.1, 0.15) is 13.1 Å². The van der Waals surface area contributed by atoms with E-state index in [9.17, 15) is 9.90 Å². The number of alkyl halides is 3. The molecule has 2 rings (SSSR count). The number of rotatable bonds is 1. The van der Waals surface area contributed by atoms with E-state index in [2.05, 4.69) is 0 Å². The molecule has 1 aromatic heterocycles. The van der Waals surface area contributed by atoms with Crippen molar-refractivity contribution >= 4 is 51.9 Å². The number of nitrogens with zero attached hydrogens (tertiary/aromatic N) is 1. The molecule has 2 heterocycles. The monoisotopic (exact) mass is 329 g/mol. The first-order valence-corrected chi connectivity index (χ1v) is 7.35. The molecule has 1 aliphatic heterocycles. The number of Topliss-reactive ketones (excluding diaryl/α,β-unsaturated/α-hetero) is 1. The summed E-state index contributed by atoms with van der Waals surface area (Å²) in [7, 11) is 0. The van der Waals surface area contributed by atoms with E-state index in [4.69, 9.17) is 39.2 Å². The fraction of sp³-hybridized carbons (Fsp3) is 0.600. The highest BCUT2D eigenvalue weighted by atomic mass is 35.6. The van der Waals surface area contributed by atoms with E-state index in [1.165, 1.54) is 0 Å². The summed E-state index contributed by atoms with van der Waals surface area (Å²) in [5.41, 5.74) is 0. The van der Waals surface area contributed by atoms with Crippen molar-refractivity contribution in [3.63, 3.8) is 0 Å². The molecule has 0 unspecified atom stereocenters. The zero-order chi connectivity index (χ0) is 13.3. The minimum absolute atomic E-state index is 0.402. The van der Waals surface area contributed by atoms with Gasteiger partial charge in [-0.3, -0.25) is 4.79 Å². The highest BCUT2D eigenvalue weighted by Gasteiger charge is 2.35. The number of ketones is 1. The second kappa shape index (κ2) is 5.41. The van der Waals surface area contributed by atoms with E-state index in [1.807, 2.05) is 4.58 Å². The first-order valence-electron chi connectivity index (χ1n) is 5.40. The summed E-state index contributed by atoms with van der Waals surface area (Å²) in [5, 5.41) is 11.2. The normalized spacial score (nSPS) is 16.9. The molecular formula is C10H10Cl3NO3S. The summed E-state index contributed by atoms with van der Waals surface area (Å²) >= 11 is 17.2. The van der Waals surface area contributed by atoms with Gasteiger partial charge in [-0.2, -0.15) is 4.58 Å². The second-order valence-electron chi connectivity index (χ2n) is 3.96. The maximum Gasteiger partial charge on any atom is 0.429 e. The van der Waals surface area contributed by atoms with Crippen molar-refractivity contribution in [3.05, 3.63) is 10.6 Å². The van der Waals surface area contributed by atoms with Crippen molar-refractivity contribution in [2.75, 3.05) is 13.1 Å². The lowest BCUT2D eigenvalue weighted by molar-refractivity contribution is -0.263. The van der Waals surface area contributed by atoms with Crippen LogP contribution in [0.3, 0.4) is 0 Å². The maximum atomic E-state index is 11.7. The number of hydrogen-bond acceptors (Lipinski definition) is 4. The summed E-state index contributed by atoms with van der Waals surface area (Å²) in [5.74, 6) is -1.32. The molecule has 1 saturated heterocycles. The molecule has 4 nitrogen and oxygen atoms in total. The van der Waals surface area contributed by atoms with Crippen molar-refractivity contribution in [3.8, 4) is 5.06 Å². The van der Waals surface area contributed by atoms with Crippen LogP contribution in [-0.2, 0) is 0 Å². The van der Waals surface area contributed by atoms with Crippen molar-refractivity contribution in [1.29, 1.82) is 0 Å². The van der Waals surface area contributed by atoms with Gasteiger partial charge in [0, 0.05) is 17.9 Å². The van der Waals surface area contributed by atoms with Gasteiger partial charge in [0.15, 0.2) is 5.76 Å². The first kappa shape index (κ1) is 14.2. The van der Waals surface area contributed by atoms with Crippen LogP contribution < -0.4 is 14.5 Å². The van der Waals surface area contributed by atoms with E-state index >= 15 is 0 Å². The Morgan fingerprint density at radius 1 is 1.28 bits per heavy atom. The summed E-state index contributed by atoms with van der Waals surface area (Å²) in [6, 6.07) is 0. The van der Waals surface area contributed by atoms with Crippen molar-refractivity contribution in [2.45, 2.75) is 23.1 Å². The molecule has 8 heteroatoms. The summed E-state index contributed by atoms with van der Waals surface area (Å²) in [4.78, 5) is 12.1. The zero-order valence-electron chi connectivity index (χ0n) is 9.25. The van der Waals surface area contributed by atoms with Crippen LogP contribution in [0, 0.1) is 0 Å². The third-order valence-corrected chi connectivity index (χ3v) is 4.03. The average Bonchev–Trinajstić information content (AvgIpc) is 2.70. The van der Waals surface area contributed by atoms with Gasteiger partial charge in [0.05, 0.1) is 0 Å². The topological polar surface area (TPSA) is 56.3 Å². The van der Waals surface area contributed by atoms with E-state index < -0.39 is 20.4 Å². The highest BCUT2D eigenvalue weighted by Crippen LogP contribution is 2.33. The van der Waals surface area contributed by atoms with Gasteiger partial charge < -0.3 is 9.52 Å². The lowest BCUT2D eigenvalue weighted by atomic mass is 10.2. The average molecular weight is 331 g/mol. The molecule has 0 bridgehead atoms. The predicted molar refractivity (Wildman–Crippen MR) is 69.5 cm³/mol. The van der Waals surface area contributed by atoms with E-state index in [0.717, 1.165) is 43.7 Å². The van der Waals surface area contributed by atoms with Crippen molar-refractivity contribution < 1.29 is 14.3 Å². The molecule has 100 valence electrons. The fourth-order valence-corrected chi connectivity index (χ4v) is 2.83. The van der Waals surface area contributed by atoms with Crippen LogP contribution in [0.2, 0.25) is 0 Å². The molecule has 0 aromatic carbocycles. The Bertz CT molecular complexity index is 521. The van der Waals surface area contributed by atoms with E-state index in [1.54, 1.807) is 0 Å². The van der Waals surface area contributed by atoms with Gasteiger partial charge in [-0.05, 0) is 17.8 Å². The fourth-order valence-electron chi connectivity index (χ4n) is 1.75. The SMILES string of the molecule is O=C(c1oc(=[N+]2CCCCC2)sc1[O-])C(Cl)(Cl)Cl. The molecule has 0 atom stereocenters. The van der Waals surface area contributed by atoms with Crippen LogP contribution in [0.1, 0.15) is 29.8 Å². The lowest BCUT2D eigenvalue weighted by Gasteiger charge is -2.08. The van der Waals surface area contributed by atoms with Crippen LogP contribution in [0.5, 0.6) is 5.06 Å². The molecule has 18 heavy (non-hydrogen) atoms. The first-order chi connectivity index (χ1) is 8.39. The molecule has 1 aliphatic rings. The molecule has 0 radical (unpaired) electrons. The Morgan fingerprint density at radius 3 is 2.44 bits per heavy atom. The van der Waals surface area contributed by atoms with Gasteiger partial charge in [-0.15, -0.1) is 0 Å². The van der Waals surface area contributed by atoms with Gasteiger partial charge in [0.25, 0.3) is 3.79 Å².